The normalized spacial score (nSPS) is 10.6. The molecule has 0 fully saturated rings. The number of fused-ring (bicyclic) bond motifs is 1. The van der Waals surface area contributed by atoms with Crippen LogP contribution in [0.1, 0.15) is 16.1 Å². The third kappa shape index (κ3) is 1.58. The maximum absolute atomic E-state index is 11.3. The van der Waals surface area contributed by atoms with Gasteiger partial charge in [-0.15, -0.1) is 0 Å². The molecule has 5 heteroatoms. The molecule has 2 aromatic rings. The fourth-order valence-electron chi connectivity index (χ4n) is 1.48. The molecule has 4 nitrogen and oxygen atoms in total. The number of nitrogens with one attached hydrogen (secondary N) is 1. The summed E-state index contributed by atoms with van der Waals surface area (Å²) in [5.74, 6) is 4.81. The predicted octanol–water partition coefficient (Wildman–Crippen LogP) is 2.00. The van der Waals surface area contributed by atoms with Gasteiger partial charge in [-0.25, -0.2) is 5.84 Å². The zero-order chi connectivity index (χ0) is 11.0. The van der Waals surface area contributed by atoms with Crippen LogP contribution in [0.4, 0.5) is 0 Å². The number of aryl methyl sites for hydroxylation is 1. The molecule has 1 aromatic carbocycles. The van der Waals surface area contributed by atoms with E-state index in [2.05, 4.69) is 0 Å². The second kappa shape index (κ2) is 3.56. The van der Waals surface area contributed by atoms with Gasteiger partial charge in [-0.1, -0.05) is 11.6 Å². The van der Waals surface area contributed by atoms with Crippen LogP contribution >= 0.6 is 11.6 Å². The monoisotopic (exact) mass is 224 g/mol. The van der Waals surface area contributed by atoms with Gasteiger partial charge in [-0.05, 0) is 25.1 Å². The van der Waals surface area contributed by atoms with E-state index < -0.39 is 5.91 Å². The van der Waals surface area contributed by atoms with E-state index in [0.717, 1.165) is 10.9 Å². The molecular weight excluding hydrogens is 216 g/mol. The molecule has 1 heterocycles. The van der Waals surface area contributed by atoms with E-state index in [1.807, 2.05) is 5.43 Å². The van der Waals surface area contributed by atoms with Crippen molar-refractivity contribution < 1.29 is 9.21 Å². The number of nitrogen functional groups attached to an aromatic ring is 1. The smallest absolute Gasteiger partial charge is 0.301 e. The summed E-state index contributed by atoms with van der Waals surface area (Å²) < 4.78 is 5.36. The predicted molar refractivity (Wildman–Crippen MR) is 57.6 cm³/mol. The number of benzene rings is 1. The van der Waals surface area contributed by atoms with E-state index >= 15 is 0 Å². The number of amides is 1. The highest BCUT2D eigenvalue weighted by molar-refractivity contribution is 6.31. The Bertz CT molecular complexity index is 533. The number of hydrogen-bond donors (Lipinski definition) is 2. The van der Waals surface area contributed by atoms with Gasteiger partial charge in [0.15, 0.2) is 5.76 Å². The Morgan fingerprint density at radius 2 is 2.27 bits per heavy atom. The summed E-state index contributed by atoms with van der Waals surface area (Å²) in [5.41, 5.74) is 3.38. The maximum Gasteiger partial charge on any atom is 0.301 e. The van der Waals surface area contributed by atoms with Crippen molar-refractivity contribution in [2.45, 2.75) is 6.92 Å². The minimum absolute atomic E-state index is 0.217. The number of furan rings is 1. The van der Waals surface area contributed by atoms with Crippen LogP contribution < -0.4 is 11.3 Å². The molecule has 0 aliphatic heterocycles. The highest BCUT2D eigenvalue weighted by Crippen LogP contribution is 2.27. The van der Waals surface area contributed by atoms with Crippen molar-refractivity contribution in [1.29, 1.82) is 0 Å². The highest BCUT2D eigenvalue weighted by Gasteiger charge is 2.16. The van der Waals surface area contributed by atoms with Crippen molar-refractivity contribution in [2.75, 3.05) is 0 Å². The number of carbonyl (C=O) groups is 1. The molecule has 15 heavy (non-hydrogen) atoms. The Labute approximate surface area is 91.0 Å². The highest BCUT2D eigenvalue weighted by atomic mass is 35.5. The van der Waals surface area contributed by atoms with Gasteiger partial charge in [0.05, 0.1) is 0 Å². The van der Waals surface area contributed by atoms with Crippen LogP contribution in [0, 0.1) is 6.92 Å². The number of rotatable bonds is 1. The van der Waals surface area contributed by atoms with Crippen molar-refractivity contribution in [3.63, 3.8) is 0 Å². The van der Waals surface area contributed by atoms with Gasteiger partial charge in [0, 0.05) is 16.0 Å². The number of carbonyl (C=O) groups excluding carboxylic acids is 1. The summed E-state index contributed by atoms with van der Waals surface area (Å²) >= 11 is 5.85. The van der Waals surface area contributed by atoms with Crippen molar-refractivity contribution in [3.8, 4) is 0 Å². The van der Waals surface area contributed by atoms with Crippen LogP contribution in [0.5, 0.6) is 0 Å². The lowest BCUT2D eigenvalue weighted by atomic mass is 10.1. The maximum atomic E-state index is 11.3. The lowest BCUT2D eigenvalue weighted by Gasteiger charge is -1.94. The zero-order valence-corrected chi connectivity index (χ0v) is 8.76. The SMILES string of the molecule is Cc1c(C(=O)NN)oc2ccc(Cl)cc12. The standard InChI is InChI=1S/C10H9ClN2O2/c1-5-7-4-6(11)2-3-8(7)15-9(5)10(14)13-12/h2-4H,12H2,1H3,(H,13,14). The molecule has 2 rings (SSSR count). The van der Waals surface area contributed by atoms with Crippen LogP contribution in [0.25, 0.3) is 11.0 Å². The fourth-order valence-corrected chi connectivity index (χ4v) is 1.65. The number of halogens is 1. The zero-order valence-electron chi connectivity index (χ0n) is 8.00. The first-order chi connectivity index (χ1) is 7.13. The second-order valence-electron chi connectivity index (χ2n) is 3.17. The first-order valence-corrected chi connectivity index (χ1v) is 4.71. The van der Waals surface area contributed by atoms with Gasteiger partial charge in [0.2, 0.25) is 0 Å². The first-order valence-electron chi connectivity index (χ1n) is 4.33. The van der Waals surface area contributed by atoms with E-state index in [-0.39, 0.29) is 5.76 Å². The average Bonchev–Trinajstić information content (AvgIpc) is 2.55. The fraction of sp³-hybridized carbons (Fsp3) is 0.100. The summed E-state index contributed by atoms with van der Waals surface area (Å²) in [6.07, 6.45) is 0. The molecular formula is C10H9ClN2O2. The third-order valence-electron chi connectivity index (χ3n) is 2.24. The Morgan fingerprint density at radius 3 is 2.93 bits per heavy atom. The molecule has 0 radical (unpaired) electrons. The van der Waals surface area contributed by atoms with Gasteiger partial charge >= 0.3 is 5.91 Å². The summed E-state index contributed by atoms with van der Waals surface area (Å²) in [5, 5.41) is 1.42. The average molecular weight is 225 g/mol. The van der Waals surface area contributed by atoms with E-state index in [9.17, 15) is 4.79 Å². The van der Waals surface area contributed by atoms with Gasteiger partial charge in [0.25, 0.3) is 0 Å². The second-order valence-corrected chi connectivity index (χ2v) is 3.61. The molecule has 0 aliphatic rings. The van der Waals surface area contributed by atoms with Crippen LogP contribution in [0.3, 0.4) is 0 Å². The summed E-state index contributed by atoms with van der Waals surface area (Å²) in [7, 11) is 0. The quantitative estimate of drug-likeness (QED) is 0.442. The minimum atomic E-state index is -0.445. The molecule has 0 unspecified atom stereocenters. The lowest BCUT2D eigenvalue weighted by molar-refractivity contribution is 0.0927. The van der Waals surface area contributed by atoms with E-state index in [4.69, 9.17) is 21.9 Å². The van der Waals surface area contributed by atoms with Gasteiger partial charge in [-0.3, -0.25) is 10.2 Å². The Morgan fingerprint density at radius 1 is 1.53 bits per heavy atom. The number of hydrogen-bond acceptors (Lipinski definition) is 3. The molecule has 3 N–H and O–H groups in total. The summed E-state index contributed by atoms with van der Waals surface area (Å²) in [6.45, 7) is 1.78. The molecule has 0 aliphatic carbocycles. The lowest BCUT2D eigenvalue weighted by Crippen LogP contribution is -2.30. The van der Waals surface area contributed by atoms with Crippen molar-refractivity contribution in [1.82, 2.24) is 5.43 Å². The molecule has 0 spiro atoms. The van der Waals surface area contributed by atoms with E-state index in [0.29, 0.717) is 10.6 Å². The number of nitrogens with two attached hydrogens (primary N) is 1. The Kier molecular flexibility index (Phi) is 2.38. The molecule has 1 amide bonds. The summed E-state index contributed by atoms with van der Waals surface area (Å²) in [6, 6.07) is 5.18. The van der Waals surface area contributed by atoms with Gasteiger partial charge in [0.1, 0.15) is 5.58 Å². The van der Waals surface area contributed by atoms with E-state index in [1.54, 1.807) is 25.1 Å². The molecule has 0 atom stereocenters. The van der Waals surface area contributed by atoms with Crippen molar-refractivity contribution >= 4 is 28.5 Å². The molecule has 1 aromatic heterocycles. The third-order valence-corrected chi connectivity index (χ3v) is 2.47. The summed E-state index contributed by atoms with van der Waals surface area (Å²) in [4.78, 5) is 11.3. The van der Waals surface area contributed by atoms with Crippen LogP contribution in [-0.4, -0.2) is 5.91 Å². The Balaban J connectivity index is 2.69. The van der Waals surface area contributed by atoms with Crippen molar-refractivity contribution in [3.05, 3.63) is 34.5 Å². The van der Waals surface area contributed by atoms with Gasteiger partial charge in [-0.2, -0.15) is 0 Å². The molecule has 0 saturated carbocycles. The first kappa shape index (κ1) is 10.0. The molecule has 78 valence electrons. The van der Waals surface area contributed by atoms with Crippen molar-refractivity contribution in [2.24, 2.45) is 5.84 Å². The number of hydrazine groups is 1. The Hall–Kier alpha value is -1.52. The van der Waals surface area contributed by atoms with E-state index in [1.165, 1.54) is 0 Å². The molecule has 0 bridgehead atoms. The topological polar surface area (TPSA) is 68.3 Å². The largest absolute Gasteiger partial charge is 0.451 e. The molecule has 0 saturated heterocycles. The minimum Gasteiger partial charge on any atom is -0.451 e. The van der Waals surface area contributed by atoms with Crippen LogP contribution in [0.15, 0.2) is 22.6 Å². The van der Waals surface area contributed by atoms with Crippen LogP contribution in [0.2, 0.25) is 5.02 Å². The van der Waals surface area contributed by atoms with Crippen LogP contribution in [-0.2, 0) is 0 Å². The van der Waals surface area contributed by atoms with Gasteiger partial charge < -0.3 is 4.42 Å².